The maximum atomic E-state index is 11.4. The molecule has 15 heavy (non-hydrogen) atoms. The minimum absolute atomic E-state index is 0.239. The number of ether oxygens (including phenoxy) is 1. The SMILES string of the molecule is COCCN(CC(=O)O)C(=O)NN(C)C. The van der Waals surface area contributed by atoms with Crippen LogP contribution in [0.4, 0.5) is 4.79 Å². The van der Waals surface area contributed by atoms with Gasteiger partial charge in [-0.05, 0) is 0 Å². The number of aliphatic carboxylic acids is 1. The molecule has 0 spiro atoms. The highest BCUT2D eigenvalue weighted by Gasteiger charge is 2.16. The molecule has 0 aromatic carbocycles. The lowest BCUT2D eigenvalue weighted by Crippen LogP contribution is -2.48. The summed E-state index contributed by atoms with van der Waals surface area (Å²) >= 11 is 0. The molecule has 0 saturated carbocycles. The van der Waals surface area contributed by atoms with E-state index in [1.54, 1.807) is 14.1 Å². The summed E-state index contributed by atoms with van der Waals surface area (Å²) < 4.78 is 4.78. The molecule has 0 bridgehead atoms. The van der Waals surface area contributed by atoms with Crippen LogP contribution in [0.2, 0.25) is 0 Å². The van der Waals surface area contributed by atoms with Crippen molar-refractivity contribution in [2.45, 2.75) is 0 Å². The van der Waals surface area contributed by atoms with Gasteiger partial charge in [-0.3, -0.25) is 10.2 Å². The molecule has 2 N–H and O–H groups in total. The molecular formula is C8H17N3O4. The second-order valence-electron chi connectivity index (χ2n) is 3.12. The molecule has 0 radical (unpaired) electrons. The van der Waals surface area contributed by atoms with E-state index in [4.69, 9.17) is 9.84 Å². The van der Waals surface area contributed by atoms with Crippen molar-refractivity contribution in [1.29, 1.82) is 0 Å². The Bertz CT molecular complexity index is 220. The topological polar surface area (TPSA) is 82.1 Å². The average molecular weight is 219 g/mol. The van der Waals surface area contributed by atoms with E-state index in [1.165, 1.54) is 12.1 Å². The third-order valence-electron chi connectivity index (χ3n) is 1.50. The summed E-state index contributed by atoms with van der Waals surface area (Å²) in [4.78, 5) is 23.1. The number of carbonyl (C=O) groups excluding carboxylic acids is 1. The number of rotatable bonds is 6. The zero-order chi connectivity index (χ0) is 11.8. The summed E-state index contributed by atoms with van der Waals surface area (Å²) in [6.07, 6.45) is 0. The predicted octanol–water partition coefficient (Wildman–Crippen LogP) is -0.794. The van der Waals surface area contributed by atoms with Gasteiger partial charge in [-0.2, -0.15) is 0 Å². The van der Waals surface area contributed by atoms with Crippen molar-refractivity contribution in [3.8, 4) is 0 Å². The Morgan fingerprint density at radius 3 is 2.40 bits per heavy atom. The third-order valence-corrected chi connectivity index (χ3v) is 1.50. The quantitative estimate of drug-likeness (QED) is 0.572. The first-order valence-corrected chi connectivity index (χ1v) is 4.41. The fourth-order valence-electron chi connectivity index (χ4n) is 0.879. The standard InChI is InChI=1S/C8H17N3O4/c1-10(2)9-8(14)11(4-5-15-3)6-7(12)13/h4-6H2,1-3H3,(H,9,14)(H,12,13). The molecule has 0 saturated heterocycles. The highest BCUT2D eigenvalue weighted by molar-refractivity contribution is 5.79. The van der Waals surface area contributed by atoms with E-state index in [0.717, 1.165) is 4.90 Å². The lowest BCUT2D eigenvalue weighted by atomic mass is 10.5. The first-order valence-electron chi connectivity index (χ1n) is 4.41. The number of hydrogen-bond acceptors (Lipinski definition) is 4. The van der Waals surface area contributed by atoms with Gasteiger partial charge in [0.15, 0.2) is 0 Å². The number of nitrogens with one attached hydrogen (secondary N) is 1. The fraction of sp³-hybridized carbons (Fsp3) is 0.750. The summed E-state index contributed by atoms with van der Waals surface area (Å²) in [5, 5.41) is 10.0. The Morgan fingerprint density at radius 2 is 2.00 bits per heavy atom. The highest BCUT2D eigenvalue weighted by Crippen LogP contribution is 1.90. The fourth-order valence-corrected chi connectivity index (χ4v) is 0.879. The van der Waals surface area contributed by atoms with Crippen molar-refractivity contribution in [3.63, 3.8) is 0 Å². The zero-order valence-corrected chi connectivity index (χ0v) is 9.19. The molecule has 7 heteroatoms. The molecule has 0 aromatic heterocycles. The number of hydrazine groups is 1. The highest BCUT2D eigenvalue weighted by atomic mass is 16.5. The number of carbonyl (C=O) groups is 2. The molecule has 2 amide bonds. The Kier molecular flexibility index (Phi) is 6.39. The van der Waals surface area contributed by atoms with Gasteiger partial charge in [0.2, 0.25) is 0 Å². The molecule has 0 rings (SSSR count). The maximum Gasteiger partial charge on any atom is 0.332 e. The van der Waals surface area contributed by atoms with Crippen LogP contribution in [-0.4, -0.2) is 67.9 Å². The van der Waals surface area contributed by atoms with Crippen molar-refractivity contribution in [3.05, 3.63) is 0 Å². The molecule has 0 aromatic rings. The summed E-state index contributed by atoms with van der Waals surface area (Å²) in [6.45, 7) is 0.194. The van der Waals surface area contributed by atoms with Gasteiger partial charge < -0.3 is 14.7 Å². The Hall–Kier alpha value is -1.34. The number of amides is 2. The van der Waals surface area contributed by atoms with Crippen molar-refractivity contribution < 1.29 is 19.4 Å². The molecule has 0 atom stereocenters. The minimum Gasteiger partial charge on any atom is -0.480 e. The van der Waals surface area contributed by atoms with Gasteiger partial charge in [-0.1, -0.05) is 0 Å². The second-order valence-corrected chi connectivity index (χ2v) is 3.12. The van der Waals surface area contributed by atoms with E-state index in [9.17, 15) is 9.59 Å². The lowest BCUT2D eigenvalue weighted by Gasteiger charge is -2.22. The number of nitrogens with zero attached hydrogens (tertiary/aromatic N) is 2. The third kappa shape index (κ3) is 6.69. The molecule has 0 aliphatic carbocycles. The van der Waals surface area contributed by atoms with E-state index >= 15 is 0 Å². The van der Waals surface area contributed by atoms with E-state index in [1.807, 2.05) is 0 Å². The smallest absolute Gasteiger partial charge is 0.332 e. The van der Waals surface area contributed by atoms with Crippen molar-refractivity contribution in [2.75, 3.05) is 40.9 Å². The molecule has 7 nitrogen and oxygen atoms in total. The summed E-state index contributed by atoms with van der Waals surface area (Å²) in [5.74, 6) is -1.06. The van der Waals surface area contributed by atoms with Crippen LogP contribution in [0.25, 0.3) is 0 Å². The van der Waals surface area contributed by atoms with E-state index in [2.05, 4.69) is 5.43 Å². The van der Waals surface area contributed by atoms with Crippen LogP contribution in [0, 0.1) is 0 Å². The number of carboxylic acid groups (broad SMARTS) is 1. The number of urea groups is 1. The summed E-state index contributed by atoms with van der Waals surface area (Å²) in [7, 11) is 4.78. The van der Waals surface area contributed by atoms with Crippen LogP contribution in [0.1, 0.15) is 0 Å². The normalized spacial score (nSPS) is 10.1. The van der Waals surface area contributed by atoms with Crippen LogP contribution in [0.15, 0.2) is 0 Å². The summed E-state index contributed by atoms with van der Waals surface area (Å²) in [5.41, 5.74) is 2.46. The molecular weight excluding hydrogens is 202 g/mol. The first-order chi connectivity index (χ1) is 6.97. The zero-order valence-electron chi connectivity index (χ0n) is 9.19. The van der Waals surface area contributed by atoms with Gasteiger partial charge in [0, 0.05) is 27.7 Å². The molecule has 0 unspecified atom stereocenters. The number of carboxylic acids is 1. The van der Waals surface area contributed by atoms with Gasteiger partial charge in [-0.15, -0.1) is 0 Å². The largest absolute Gasteiger partial charge is 0.480 e. The second kappa shape index (κ2) is 7.02. The van der Waals surface area contributed by atoms with Crippen molar-refractivity contribution >= 4 is 12.0 Å². The van der Waals surface area contributed by atoms with Gasteiger partial charge in [-0.25, -0.2) is 9.80 Å². The molecule has 0 fully saturated rings. The van der Waals surface area contributed by atoms with E-state index in [0.29, 0.717) is 6.61 Å². The van der Waals surface area contributed by atoms with Gasteiger partial charge in [0.05, 0.1) is 6.61 Å². The molecule has 0 aliphatic rings. The average Bonchev–Trinajstić information content (AvgIpc) is 2.10. The molecule has 0 heterocycles. The van der Waals surface area contributed by atoms with Crippen LogP contribution in [0.3, 0.4) is 0 Å². The minimum atomic E-state index is -1.06. The van der Waals surface area contributed by atoms with Crippen LogP contribution >= 0.6 is 0 Å². The monoisotopic (exact) mass is 219 g/mol. The van der Waals surface area contributed by atoms with Gasteiger partial charge in [0.25, 0.3) is 0 Å². The predicted molar refractivity (Wildman–Crippen MR) is 53.3 cm³/mol. The number of methoxy groups -OCH3 is 1. The van der Waals surface area contributed by atoms with E-state index < -0.39 is 12.0 Å². The van der Waals surface area contributed by atoms with E-state index in [-0.39, 0.29) is 13.1 Å². The molecule has 88 valence electrons. The molecule has 0 aliphatic heterocycles. The maximum absolute atomic E-state index is 11.4. The van der Waals surface area contributed by atoms with Crippen LogP contribution in [-0.2, 0) is 9.53 Å². The summed E-state index contributed by atoms with van der Waals surface area (Å²) in [6, 6.07) is -0.459. The van der Waals surface area contributed by atoms with Crippen LogP contribution < -0.4 is 5.43 Å². The lowest BCUT2D eigenvalue weighted by molar-refractivity contribution is -0.137. The Morgan fingerprint density at radius 1 is 1.40 bits per heavy atom. The van der Waals surface area contributed by atoms with Crippen LogP contribution in [0.5, 0.6) is 0 Å². The van der Waals surface area contributed by atoms with Gasteiger partial charge in [0.1, 0.15) is 6.54 Å². The van der Waals surface area contributed by atoms with Crippen molar-refractivity contribution in [1.82, 2.24) is 15.3 Å². The number of hydrogen-bond donors (Lipinski definition) is 2. The van der Waals surface area contributed by atoms with Crippen molar-refractivity contribution in [2.24, 2.45) is 0 Å². The Balaban J connectivity index is 4.20. The Labute approximate surface area is 88.6 Å². The van der Waals surface area contributed by atoms with Gasteiger partial charge >= 0.3 is 12.0 Å². The first kappa shape index (κ1) is 13.7.